The Labute approximate surface area is 199 Å². The Morgan fingerprint density at radius 1 is 0.971 bits per heavy atom. The van der Waals surface area contributed by atoms with Crippen molar-refractivity contribution in [2.75, 3.05) is 38.0 Å². The summed E-state index contributed by atoms with van der Waals surface area (Å²) in [7, 11) is 0. The van der Waals surface area contributed by atoms with Crippen molar-refractivity contribution in [2.24, 2.45) is 0 Å². The monoisotopic (exact) mass is 487 g/mol. The zero-order valence-electron chi connectivity index (χ0n) is 18.8. The van der Waals surface area contributed by atoms with E-state index in [9.17, 15) is 27.6 Å². The van der Waals surface area contributed by atoms with Gasteiger partial charge in [-0.2, -0.15) is 13.2 Å². The lowest BCUT2D eigenvalue weighted by Gasteiger charge is -2.34. The van der Waals surface area contributed by atoms with Crippen LogP contribution >= 0.6 is 0 Å². The van der Waals surface area contributed by atoms with Crippen LogP contribution in [0.15, 0.2) is 59.7 Å². The molecule has 2 heterocycles. The second-order valence-electron chi connectivity index (χ2n) is 8.26. The van der Waals surface area contributed by atoms with Crippen LogP contribution in [0.3, 0.4) is 0 Å². The first kappa shape index (κ1) is 24.4. The third-order valence-electron chi connectivity index (χ3n) is 5.90. The topological polar surface area (TPSA) is 87.5 Å². The van der Waals surface area contributed by atoms with Crippen LogP contribution in [0, 0.1) is 0 Å². The Bertz CT molecular complexity index is 1280. The summed E-state index contributed by atoms with van der Waals surface area (Å²) in [4.78, 5) is 45.2. The normalized spacial score (nSPS) is 14.8. The molecule has 3 aromatic rings. The van der Waals surface area contributed by atoms with E-state index in [0.29, 0.717) is 37.1 Å². The average Bonchev–Trinajstić information content (AvgIpc) is 2.84. The number of benzene rings is 2. The lowest BCUT2D eigenvalue weighted by Crippen LogP contribution is -2.50. The summed E-state index contributed by atoms with van der Waals surface area (Å²) in [5.41, 5.74) is -0.782. The van der Waals surface area contributed by atoms with Gasteiger partial charge in [0.1, 0.15) is 0 Å². The summed E-state index contributed by atoms with van der Waals surface area (Å²) in [6, 6.07) is 11.8. The SMILES string of the molecule is O=C(CN1CCN(C(=O)CCn2cnc3ccccc3c2=O)CC1)Nc1ccccc1C(F)(F)F. The van der Waals surface area contributed by atoms with Crippen molar-refractivity contribution in [1.29, 1.82) is 0 Å². The molecule has 0 saturated carbocycles. The molecule has 184 valence electrons. The number of hydrogen-bond donors (Lipinski definition) is 1. The highest BCUT2D eigenvalue weighted by Gasteiger charge is 2.33. The van der Waals surface area contributed by atoms with Crippen molar-refractivity contribution < 1.29 is 22.8 Å². The van der Waals surface area contributed by atoms with Gasteiger partial charge in [0, 0.05) is 39.1 Å². The van der Waals surface area contributed by atoms with Crippen molar-refractivity contribution in [3.63, 3.8) is 0 Å². The van der Waals surface area contributed by atoms with Crippen molar-refractivity contribution in [2.45, 2.75) is 19.1 Å². The minimum absolute atomic E-state index is 0.0770. The van der Waals surface area contributed by atoms with Crippen molar-refractivity contribution >= 4 is 28.4 Å². The summed E-state index contributed by atoms with van der Waals surface area (Å²) < 4.78 is 40.8. The predicted molar refractivity (Wildman–Crippen MR) is 124 cm³/mol. The number of para-hydroxylation sites is 2. The number of rotatable bonds is 6. The Morgan fingerprint density at radius 3 is 2.40 bits per heavy atom. The van der Waals surface area contributed by atoms with E-state index >= 15 is 0 Å². The van der Waals surface area contributed by atoms with E-state index in [4.69, 9.17) is 0 Å². The van der Waals surface area contributed by atoms with Crippen LogP contribution < -0.4 is 10.9 Å². The van der Waals surface area contributed by atoms with Crippen LogP contribution in [0.1, 0.15) is 12.0 Å². The van der Waals surface area contributed by atoms with Crippen molar-refractivity contribution in [3.05, 3.63) is 70.8 Å². The molecular weight excluding hydrogens is 463 g/mol. The van der Waals surface area contributed by atoms with Gasteiger partial charge in [-0.25, -0.2) is 4.98 Å². The first-order valence-electron chi connectivity index (χ1n) is 11.1. The molecule has 2 amide bonds. The summed E-state index contributed by atoms with van der Waals surface area (Å²) in [6.45, 7) is 1.73. The third kappa shape index (κ3) is 5.86. The fraction of sp³-hybridized carbons (Fsp3) is 0.333. The first-order valence-corrected chi connectivity index (χ1v) is 11.1. The molecule has 1 aliphatic heterocycles. The number of piperazine rings is 1. The molecule has 1 N–H and O–H groups in total. The number of fused-ring (bicyclic) bond motifs is 1. The molecule has 1 aromatic heterocycles. The Hall–Kier alpha value is -3.73. The van der Waals surface area contributed by atoms with Crippen LogP contribution in [0.5, 0.6) is 0 Å². The number of carbonyl (C=O) groups excluding carboxylic acids is 2. The molecule has 2 aromatic carbocycles. The first-order chi connectivity index (χ1) is 16.7. The summed E-state index contributed by atoms with van der Waals surface area (Å²) >= 11 is 0. The second-order valence-corrected chi connectivity index (χ2v) is 8.26. The van der Waals surface area contributed by atoms with Gasteiger partial charge in [0.25, 0.3) is 5.56 Å². The number of halogens is 3. The van der Waals surface area contributed by atoms with E-state index in [1.54, 1.807) is 34.1 Å². The van der Waals surface area contributed by atoms with Gasteiger partial charge in [0.15, 0.2) is 0 Å². The van der Waals surface area contributed by atoms with E-state index in [-0.39, 0.29) is 36.7 Å². The fourth-order valence-electron chi connectivity index (χ4n) is 4.03. The van der Waals surface area contributed by atoms with Gasteiger partial charge in [-0.15, -0.1) is 0 Å². The lowest BCUT2D eigenvalue weighted by atomic mass is 10.1. The molecule has 1 aliphatic rings. The number of carbonyl (C=O) groups is 2. The maximum Gasteiger partial charge on any atom is 0.418 e. The number of anilines is 1. The minimum atomic E-state index is -4.57. The molecule has 0 spiro atoms. The van der Waals surface area contributed by atoms with Crippen LogP contribution in [-0.4, -0.2) is 63.9 Å². The molecule has 0 unspecified atom stereocenters. The van der Waals surface area contributed by atoms with Crippen LogP contribution in [-0.2, 0) is 22.3 Å². The van der Waals surface area contributed by atoms with E-state index in [2.05, 4.69) is 10.3 Å². The smallest absolute Gasteiger partial charge is 0.340 e. The lowest BCUT2D eigenvalue weighted by molar-refractivity contribution is -0.137. The number of alkyl halides is 3. The molecule has 0 aliphatic carbocycles. The largest absolute Gasteiger partial charge is 0.418 e. The highest BCUT2D eigenvalue weighted by atomic mass is 19.4. The Morgan fingerprint density at radius 2 is 1.66 bits per heavy atom. The van der Waals surface area contributed by atoms with Gasteiger partial charge in [-0.1, -0.05) is 24.3 Å². The molecule has 11 heteroatoms. The molecule has 1 saturated heterocycles. The molecule has 0 atom stereocenters. The minimum Gasteiger partial charge on any atom is -0.340 e. The third-order valence-corrected chi connectivity index (χ3v) is 5.90. The maximum absolute atomic E-state index is 13.1. The number of aryl methyl sites for hydroxylation is 1. The summed E-state index contributed by atoms with van der Waals surface area (Å²) in [5.74, 6) is -0.669. The molecule has 4 rings (SSSR count). The number of hydrogen-bond acceptors (Lipinski definition) is 5. The van der Waals surface area contributed by atoms with Gasteiger partial charge in [0.05, 0.1) is 35.0 Å². The van der Waals surface area contributed by atoms with Crippen LogP contribution in [0.4, 0.5) is 18.9 Å². The highest BCUT2D eigenvalue weighted by molar-refractivity contribution is 5.93. The maximum atomic E-state index is 13.1. The number of aromatic nitrogens is 2. The number of amides is 2. The molecular formula is C24H24F3N5O3. The Kier molecular flexibility index (Phi) is 7.15. The van der Waals surface area contributed by atoms with Gasteiger partial charge in [-0.05, 0) is 24.3 Å². The predicted octanol–water partition coefficient (Wildman–Crippen LogP) is 2.59. The fourth-order valence-corrected chi connectivity index (χ4v) is 4.03. The van der Waals surface area contributed by atoms with E-state index < -0.39 is 17.6 Å². The summed E-state index contributed by atoms with van der Waals surface area (Å²) in [5, 5.41) is 2.83. The molecule has 35 heavy (non-hydrogen) atoms. The Balaban J connectivity index is 1.26. The van der Waals surface area contributed by atoms with Crippen LogP contribution in [0.2, 0.25) is 0 Å². The average molecular weight is 487 g/mol. The zero-order chi connectivity index (χ0) is 25.0. The van der Waals surface area contributed by atoms with Gasteiger partial charge in [0.2, 0.25) is 11.8 Å². The highest BCUT2D eigenvalue weighted by Crippen LogP contribution is 2.34. The second kappa shape index (κ2) is 10.3. The quantitative estimate of drug-likeness (QED) is 0.578. The van der Waals surface area contributed by atoms with E-state index in [0.717, 1.165) is 6.07 Å². The molecule has 1 fully saturated rings. The van der Waals surface area contributed by atoms with Crippen LogP contribution in [0.25, 0.3) is 10.9 Å². The molecule has 0 radical (unpaired) electrons. The zero-order valence-corrected chi connectivity index (χ0v) is 18.8. The molecule has 8 nitrogen and oxygen atoms in total. The number of nitrogens with one attached hydrogen (secondary N) is 1. The van der Waals surface area contributed by atoms with E-state index in [1.165, 1.54) is 29.1 Å². The van der Waals surface area contributed by atoms with Gasteiger partial charge in [-0.3, -0.25) is 23.9 Å². The standard InChI is InChI=1S/C24H24F3N5O3/c25-24(26,27)18-6-2-4-8-20(18)29-21(33)15-30-11-13-31(14-12-30)22(34)9-10-32-16-28-19-7-3-1-5-17(19)23(32)35/h1-8,16H,9-15H2,(H,29,33). The van der Waals surface area contributed by atoms with Crippen molar-refractivity contribution in [3.8, 4) is 0 Å². The number of nitrogens with zero attached hydrogens (tertiary/aromatic N) is 4. The van der Waals surface area contributed by atoms with Crippen molar-refractivity contribution in [1.82, 2.24) is 19.4 Å². The molecule has 0 bridgehead atoms. The van der Waals surface area contributed by atoms with E-state index in [1.807, 2.05) is 0 Å². The van der Waals surface area contributed by atoms with Gasteiger partial charge < -0.3 is 10.2 Å². The summed E-state index contributed by atoms with van der Waals surface area (Å²) in [6.07, 6.45) is -3.00. The van der Waals surface area contributed by atoms with Gasteiger partial charge >= 0.3 is 6.18 Å².